The highest BCUT2D eigenvalue weighted by Gasteiger charge is 2.62. The summed E-state index contributed by atoms with van der Waals surface area (Å²) in [4.78, 5) is 10.6. The Kier molecular flexibility index (Phi) is 1.63. The minimum Gasteiger partial charge on any atom is -0.480 e. The summed E-state index contributed by atoms with van der Waals surface area (Å²) in [7, 11) is 0. The Morgan fingerprint density at radius 3 is 2.45 bits per heavy atom. The third kappa shape index (κ3) is 0.988. The first kappa shape index (κ1) is 8.06. The van der Waals surface area contributed by atoms with Crippen molar-refractivity contribution < 1.29 is 9.90 Å². The van der Waals surface area contributed by atoms with Crippen LogP contribution in [0.1, 0.15) is 20.3 Å². The van der Waals surface area contributed by atoms with Crippen LogP contribution in [0, 0.1) is 28.6 Å². The van der Waals surface area contributed by atoms with Crippen molar-refractivity contribution in [3.05, 3.63) is 0 Å². The smallest absolute Gasteiger partial charge is 0.324 e. The molecule has 11 heavy (non-hydrogen) atoms. The molecular formula is C8H11NO2. The summed E-state index contributed by atoms with van der Waals surface area (Å²) in [5.74, 6) is -0.602. The summed E-state index contributed by atoms with van der Waals surface area (Å²) in [6.45, 7) is 3.90. The molecule has 2 unspecified atom stereocenters. The van der Waals surface area contributed by atoms with Crippen molar-refractivity contribution in [1.82, 2.24) is 0 Å². The summed E-state index contributed by atoms with van der Waals surface area (Å²) < 4.78 is 0. The zero-order chi connectivity index (χ0) is 8.65. The Bertz CT molecular complexity index is 229. The minimum absolute atomic E-state index is 0.0602. The van der Waals surface area contributed by atoms with Crippen molar-refractivity contribution in [2.24, 2.45) is 17.3 Å². The number of rotatable bonds is 2. The van der Waals surface area contributed by atoms with Gasteiger partial charge in [0.05, 0.1) is 6.07 Å². The third-order valence-electron chi connectivity index (χ3n) is 2.40. The highest BCUT2D eigenvalue weighted by Crippen LogP contribution is 2.56. The molecule has 0 saturated heterocycles. The van der Waals surface area contributed by atoms with Gasteiger partial charge >= 0.3 is 5.97 Å². The number of carboxylic acids is 1. The fourth-order valence-electron chi connectivity index (χ4n) is 1.51. The second kappa shape index (κ2) is 2.23. The van der Waals surface area contributed by atoms with E-state index in [1.165, 1.54) is 0 Å². The average Bonchev–Trinajstić information content (AvgIpc) is 2.62. The zero-order valence-electron chi connectivity index (χ0n) is 6.66. The number of nitriles is 1. The van der Waals surface area contributed by atoms with Gasteiger partial charge in [0.25, 0.3) is 0 Å². The van der Waals surface area contributed by atoms with E-state index < -0.39 is 11.4 Å². The molecule has 1 aliphatic carbocycles. The van der Waals surface area contributed by atoms with Gasteiger partial charge in [-0.05, 0) is 18.3 Å². The van der Waals surface area contributed by atoms with Crippen LogP contribution in [0.3, 0.4) is 0 Å². The maximum Gasteiger partial charge on any atom is 0.324 e. The fraction of sp³-hybridized carbons (Fsp3) is 0.750. The molecule has 60 valence electrons. The van der Waals surface area contributed by atoms with E-state index in [1.807, 2.05) is 19.9 Å². The van der Waals surface area contributed by atoms with E-state index in [9.17, 15) is 4.79 Å². The summed E-state index contributed by atoms with van der Waals surface area (Å²) in [5.41, 5.74) is -1.05. The van der Waals surface area contributed by atoms with Gasteiger partial charge < -0.3 is 5.11 Å². The standard InChI is InChI=1S/C8H11NO2/c1-5(2)6-3-8(6,4-9)7(10)11/h5-6H,3H2,1-2H3,(H,10,11). The lowest BCUT2D eigenvalue weighted by Gasteiger charge is -2.04. The van der Waals surface area contributed by atoms with E-state index in [-0.39, 0.29) is 5.92 Å². The van der Waals surface area contributed by atoms with Crippen molar-refractivity contribution in [2.45, 2.75) is 20.3 Å². The van der Waals surface area contributed by atoms with Crippen LogP contribution >= 0.6 is 0 Å². The molecule has 0 radical (unpaired) electrons. The lowest BCUT2D eigenvalue weighted by Crippen LogP contribution is -2.17. The molecule has 0 heterocycles. The summed E-state index contributed by atoms with van der Waals surface area (Å²) >= 11 is 0. The van der Waals surface area contributed by atoms with Crippen LogP contribution in [0.4, 0.5) is 0 Å². The zero-order valence-corrected chi connectivity index (χ0v) is 6.66. The monoisotopic (exact) mass is 153 g/mol. The second-order valence-electron chi connectivity index (χ2n) is 3.44. The molecule has 1 saturated carbocycles. The molecule has 0 aromatic carbocycles. The van der Waals surface area contributed by atoms with Crippen molar-refractivity contribution >= 4 is 5.97 Å². The molecule has 1 N–H and O–H groups in total. The Labute approximate surface area is 65.6 Å². The summed E-state index contributed by atoms with van der Waals surface area (Å²) in [6.07, 6.45) is 0.524. The van der Waals surface area contributed by atoms with Crippen LogP contribution in [-0.4, -0.2) is 11.1 Å². The van der Waals surface area contributed by atoms with Gasteiger partial charge in [0, 0.05) is 0 Å². The van der Waals surface area contributed by atoms with Gasteiger partial charge in [-0.1, -0.05) is 13.8 Å². The lowest BCUT2D eigenvalue weighted by atomic mass is 9.99. The lowest BCUT2D eigenvalue weighted by molar-refractivity contribution is -0.141. The Morgan fingerprint density at radius 1 is 1.82 bits per heavy atom. The molecular weight excluding hydrogens is 142 g/mol. The number of hydrogen-bond acceptors (Lipinski definition) is 2. The maximum atomic E-state index is 10.6. The molecule has 1 aliphatic rings. The molecule has 1 rings (SSSR count). The largest absolute Gasteiger partial charge is 0.480 e. The predicted octanol–water partition coefficient (Wildman–Crippen LogP) is 1.26. The van der Waals surface area contributed by atoms with Crippen molar-refractivity contribution in [1.29, 1.82) is 5.26 Å². The van der Waals surface area contributed by atoms with Gasteiger partial charge in [-0.3, -0.25) is 4.79 Å². The third-order valence-corrected chi connectivity index (χ3v) is 2.40. The van der Waals surface area contributed by atoms with Gasteiger partial charge in [0.1, 0.15) is 0 Å². The summed E-state index contributed by atoms with van der Waals surface area (Å²) in [6, 6.07) is 1.88. The van der Waals surface area contributed by atoms with E-state index in [0.29, 0.717) is 12.3 Å². The van der Waals surface area contributed by atoms with Crippen LogP contribution in [-0.2, 0) is 4.79 Å². The highest BCUT2D eigenvalue weighted by molar-refractivity contribution is 5.82. The molecule has 3 heteroatoms. The maximum absolute atomic E-state index is 10.6. The molecule has 3 nitrogen and oxygen atoms in total. The number of aliphatic carboxylic acids is 1. The quantitative estimate of drug-likeness (QED) is 0.649. The summed E-state index contributed by atoms with van der Waals surface area (Å²) in [5, 5.41) is 17.3. The molecule has 0 aliphatic heterocycles. The van der Waals surface area contributed by atoms with E-state index in [0.717, 1.165) is 0 Å². The van der Waals surface area contributed by atoms with E-state index in [1.54, 1.807) is 0 Å². The fourth-order valence-corrected chi connectivity index (χ4v) is 1.51. The Hall–Kier alpha value is -1.04. The average molecular weight is 153 g/mol. The predicted molar refractivity (Wildman–Crippen MR) is 38.6 cm³/mol. The van der Waals surface area contributed by atoms with E-state index >= 15 is 0 Å². The molecule has 0 aromatic heterocycles. The molecule has 2 atom stereocenters. The van der Waals surface area contributed by atoms with Gasteiger partial charge in [0.2, 0.25) is 0 Å². The highest BCUT2D eigenvalue weighted by atomic mass is 16.4. The van der Waals surface area contributed by atoms with Gasteiger partial charge in [-0.2, -0.15) is 5.26 Å². The topological polar surface area (TPSA) is 61.1 Å². The van der Waals surface area contributed by atoms with Crippen LogP contribution in [0.5, 0.6) is 0 Å². The van der Waals surface area contributed by atoms with Crippen molar-refractivity contribution in [3.63, 3.8) is 0 Å². The Morgan fingerprint density at radius 2 is 2.36 bits per heavy atom. The first-order valence-electron chi connectivity index (χ1n) is 3.69. The van der Waals surface area contributed by atoms with Crippen LogP contribution in [0.25, 0.3) is 0 Å². The van der Waals surface area contributed by atoms with Crippen molar-refractivity contribution in [2.75, 3.05) is 0 Å². The number of carbonyl (C=O) groups is 1. The van der Waals surface area contributed by atoms with Crippen molar-refractivity contribution in [3.8, 4) is 6.07 Å². The molecule has 0 aromatic rings. The molecule has 0 spiro atoms. The number of nitrogens with zero attached hydrogens (tertiary/aromatic N) is 1. The van der Waals surface area contributed by atoms with Gasteiger partial charge in [-0.15, -0.1) is 0 Å². The minimum atomic E-state index is -1.05. The first-order valence-corrected chi connectivity index (χ1v) is 3.69. The first-order chi connectivity index (χ1) is 5.04. The second-order valence-corrected chi connectivity index (χ2v) is 3.44. The SMILES string of the molecule is CC(C)C1CC1(C#N)C(=O)O. The van der Waals surface area contributed by atoms with Crippen LogP contribution < -0.4 is 0 Å². The van der Waals surface area contributed by atoms with Gasteiger partial charge in [0.15, 0.2) is 5.41 Å². The van der Waals surface area contributed by atoms with Crippen LogP contribution in [0.15, 0.2) is 0 Å². The molecule has 0 bridgehead atoms. The number of hydrogen-bond donors (Lipinski definition) is 1. The molecule has 1 fully saturated rings. The van der Waals surface area contributed by atoms with Gasteiger partial charge in [-0.25, -0.2) is 0 Å². The Balaban J connectivity index is 2.74. The normalized spacial score (nSPS) is 34.9. The molecule has 0 amide bonds. The van der Waals surface area contributed by atoms with E-state index in [4.69, 9.17) is 10.4 Å². The van der Waals surface area contributed by atoms with E-state index in [2.05, 4.69) is 0 Å². The number of carboxylic acid groups (broad SMARTS) is 1. The van der Waals surface area contributed by atoms with Crippen LogP contribution in [0.2, 0.25) is 0 Å².